The maximum Gasteiger partial charge on any atom is 0.416 e. The van der Waals surface area contributed by atoms with Gasteiger partial charge in [0.25, 0.3) is 0 Å². The molecular weight excluding hydrogens is 405 g/mol. The zero-order valence-corrected chi connectivity index (χ0v) is 18.6. The second kappa shape index (κ2) is 10.8. The van der Waals surface area contributed by atoms with Gasteiger partial charge in [-0.3, -0.25) is 4.79 Å². The monoisotopic (exact) mass is 440 g/mol. The van der Waals surface area contributed by atoms with Crippen LogP contribution < -0.4 is 5.32 Å². The van der Waals surface area contributed by atoms with E-state index in [1.807, 2.05) is 0 Å². The van der Waals surface area contributed by atoms with Crippen molar-refractivity contribution in [2.45, 2.75) is 83.6 Å². The van der Waals surface area contributed by atoms with Gasteiger partial charge in [-0.2, -0.15) is 13.2 Å². The lowest BCUT2D eigenvalue weighted by molar-refractivity contribution is -0.139. The van der Waals surface area contributed by atoms with Gasteiger partial charge in [-0.25, -0.2) is 0 Å². The molecule has 1 saturated heterocycles. The highest BCUT2D eigenvalue weighted by Crippen LogP contribution is 2.36. The van der Waals surface area contributed by atoms with Gasteiger partial charge in [0.15, 0.2) is 0 Å². The number of halogens is 3. The largest absolute Gasteiger partial charge is 0.416 e. The number of ether oxygens (including phenoxy) is 1. The first-order valence-corrected chi connectivity index (χ1v) is 11.6. The molecule has 0 unspecified atom stereocenters. The number of hydrogen-bond donors (Lipinski definition) is 1. The molecule has 0 bridgehead atoms. The lowest BCUT2D eigenvalue weighted by atomic mass is 9.93. The molecule has 0 spiro atoms. The Labute approximate surface area is 183 Å². The smallest absolute Gasteiger partial charge is 0.381 e. The molecule has 174 valence electrons. The van der Waals surface area contributed by atoms with Crippen molar-refractivity contribution in [3.8, 4) is 0 Å². The normalized spacial score (nSPS) is 24.4. The third-order valence-electron chi connectivity index (χ3n) is 6.36. The van der Waals surface area contributed by atoms with E-state index in [0.29, 0.717) is 29.8 Å². The van der Waals surface area contributed by atoms with Gasteiger partial charge in [-0.1, -0.05) is 32.4 Å². The Morgan fingerprint density at radius 1 is 1.13 bits per heavy atom. The second-order valence-electron chi connectivity index (χ2n) is 8.92. The van der Waals surface area contributed by atoms with Gasteiger partial charge in [0.1, 0.15) is 0 Å². The van der Waals surface area contributed by atoms with Crippen LogP contribution in [-0.2, 0) is 28.7 Å². The van der Waals surface area contributed by atoms with Crippen molar-refractivity contribution in [1.29, 1.82) is 0 Å². The molecule has 2 aliphatic heterocycles. The number of benzene rings is 1. The summed E-state index contributed by atoms with van der Waals surface area (Å²) in [6.45, 7) is 6.49. The molecule has 1 saturated carbocycles. The minimum atomic E-state index is -4.34. The van der Waals surface area contributed by atoms with Gasteiger partial charge in [0.2, 0.25) is 5.91 Å². The maximum absolute atomic E-state index is 13.2. The number of rotatable bonds is 3. The van der Waals surface area contributed by atoms with Crippen molar-refractivity contribution in [1.82, 2.24) is 10.2 Å². The number of hydrogen-bond acceptors (Lipinski definition) is 3. The van der Waals surface area contributed by atoms with Crippen molar-refractivity contribution >= 4 is 5.91 Å². The molecular formula is C24H35F3N2O2. The molecule has 1 amide bonds. The third kappa shape index (κ3) is 6.22. The van der Waals surface area contributed by atoms with Crippen LogP contribution in [0.1, 0.15) is 69.1 Å². The van der Waals surface area contributed by atoms with Crippen molar-refractivity contribution in [3.63, 3.8) is 0 Å². The maximum atomic E-state index is 13.2. The van der Waals surface area contributed by atoms with Gasteiger partial charge in [0, 0.05) is 44.3 Å². The minimum Gasteiger partial charge on any atom is -0.381 e. The van der Waals surface area contributed by atoms with E-state index in [4.69, 9.17) is 4.74 Å². The predicted molar refractivity (Wildman–Crippen MR) is 115 cm³/mol. The van der Waals surface area contributed by atoms with E-state index in [1.54, 1.807) is 11.0 Å². The van der Waals surface area contributed by atoms with Crippen LogP contribution in [0.3, 0.4) is 0 Å². The molecule has 3 aliphatic rings. The number of alkyl halides is 3. The molecule has 1 aromatic carbocycles. The molecule has 31 heavy (non-hydrogen) atoms. The Kier molecular flexibility index (Phi) is 8.39. The Hall–Kier alpha value is -1.60. The zero-order valence-electron chi connectivity index (χ0n) is 18.6. The molecule has 0 aromatic heterocycles. The van der Waals surface area contributed by atoms with Crippen molar-refractivity contribution in [3.05, 3.63) is 34.9 Å². The molecule has 1 aliphatic carbocycles. The van der Waals surface area contributed by atoms with Crippen LogP contribution in [-0.4, -0.2) is 42.6 Å². The SMILES string of the molecule is CCC.O=C([C@H]1CC[C@@H](NC2CCOCC2)C1)N1CCc2c(cccc2C(F)(F)F)C1. The van der Waals surface area contributed by atoms with Crippen LogP contribution in [0.2, 0.25) is 0 Å². The summed E-state index contributed by atoms with van der Waals surface area (Å²) in [6.07, 6.45) is 1.86. The van der Waals surface area contributed by atoms with Crippen LogP contribution in [0.5, 0.6) is 0 Å². The molecule has 7 heteroatoms. The van der Waals surface area contributed by atoms with E-state index in [9.17, 15) is 18.0 Å². The topological polar surface area (TPSA) is 41.6 Å². The molecule has 0 radical (unpaired) electrons. The summed E-state index contributed by atoms with van der Waals surface area (Å²) >= 11 is 0. The van der Waals surface area contributed by atoms with E-state index >= 15 is 0 Å². The Bertz CT molecular complexity index is 732. The molecule has 4 nitrogen and oxygen atoms in total. The van der Waals surface area contributed by atoms with E-state index in [-0.39, 0.29) is 24.8 Å². The summed E-state index contributed by atoms with van der Waals surface area (Å²) in [5, 5.41) is 3.67. The highest BCUT2D eigenvalue weighted by atomic mass is 19.4. The van der Waals surface area contributed by atoms with E-state index in [2.05, 4.69) is 19.2 Å². The van der Waals surface area contributed by atoms with Crippen molar-refractivity contribution in [2.24, 2.45) is 5.92 Å². The van der Waals surface area contributed by atoms with Gasteiger partial charge in [-0.05, 0) is 55.7 Å². The summed E-state index contributed by atoms with van der Waals surface area (Å²) in [4.78, 5) is 14.7. The third-order valence-corrected chi connectivity index (χ3v) is 6.36. The Morgan fingerprint density at radius 2 is 1.84 bits per heavy atom. The number of nitrogens with one attached hydrogen (secondary N) is 1. The fraction of sp³-hybridized carbons (Fsp3) is 0.708. The minimum absolute atomic E-state index is 0.0234. The van der Waals surface area contributed by atoms with Crippen LogP contribution >= 0.6 is 0 Å². The van der Waals surface area contributed by atoms with Crippen LogP contribution in [0, 0.1) is 5.92 Å². The van der Waals surface area contributed by atoms with Crippen molar-refractivity contribution < 1.29 is 22.7 Å². The Balaban J connectivity index is 0.000000858. The van der Waals surface area contributed by atoms with Crippen LogP contribution in [0.15, 0.2) is 18.2 Å². The van der Waals surface area contributed by atoms with Crippen molar-refractivity contribution in [2.75, 3.05) is 19.8 Å². The molecule has 1 aromatic rings. The van der Waals surface area contributed by atoms with E-state index in [1.165, 1.54) is 12.5 Å². The molecule has 1 N–H and O–H groups in total. The first-order valence-electron chi connectivity index (χ1n) is 11.6. The standard InChI is InChI=1S/C21H27F3N2O2.C3H8/c22-21(23,24)19-3-1-2-15-13-26(9-6-18(15)19)20(27)14-4-5-17(12-14)25-16-7-10-28-11-8-16;1-3-2/h1-3,14,16-17,25H,4-13H2;3H2,1-2H3/t14-,17+;/m0./s1. The van der Waals surface area contributed by atoms with Crippen LogP contribution in [0.25, 0.3) is 0 Å². The number of nitrogens with zero attached hydrogens (tertiary/aromatic N) is 1. The van der Waals surface area contributed by atoms with Gasteiger partial charge in [-0.15, -0.1) is 0 Å². The summed E-state index contributed by atoms with van der Waals surface area (Å²) in [7, 11) is 0. The summed E-state index contributed by atoms with van der Waals surface area (Å²) in [6, 6.07) is 5.12. The molecule has 2 atom stereocenters. The highest BCUT2D eigenvalue weighted by Gasteiger charge is 2.38. The summed E-state index contributed by atoms with van der Waals surface area (Å²) in [5.74, 6) is 0.0732. The Morgan fingerprint density at radius 3 is 2.52 bits per heavy atom. The van der Waals surface area contributed by atoms with Crippen LogP contribution in [0.4, 0.5) is 13.2 Å². The lowest BCUT2D eigenvalue weighted by Crippen LogP contribution is -2.42. The van der Waals surface area contributed by atoms with Gasteiger partial charge >= 0.3 is 6.18 Å². The zero-order chi connectivity index (χ0) is 22.4. The fourth-order valence-electron chi connectivity index (χ4n) is 4.88. The molecule has 4 rings (SSSR count). The second-order valence-corrected chi connectivity index (χ2v) is 8.92. The lowest BCUT2D eigenvalue weighted by Gasteiger charge is -2.32. The van der Waals surface area contributed by atoms with Gasteiger partial charge in [0.05, 0.1) is 5.56 Å². The fourth-order valence-corrected chi connectivity index (χ4v) is 4.88. The average molecular weight is 441 g/mol. The summed E-state index contributed by atoms with van der Waals surface area (Å²) in [5.41, 5.74) is 0.424. The number of carbonyl (C=O) groups excluding carboxylic acids is 1. The predicted octanol–water partition coefficient (Wildman–Crippen LogP) is 4.94. The average Bonchev–Trinajstić information content (AvgIpc) is 3.21. The molecule has 2 fully saturated rings. The van der Waals surface area contributed by atoms with E-state index in [0.717, 1.165) is 51.4 Å². The number of carbonyl (C=O) groups is 1. The summed E-state index contributed by atoms with van der Waals surface area (Å²) < 4.78 is 45.0. The first kappa shape index (κ1) is 24.1. The van der Waals surface area contributed by atoms with E-state index < -0.39 is 11.7 Å². The molecule has 2 heterocycles. The van der Waals surface area contributed by atoms with Gasteiger partial charge < -0.3 is 15.0 Å². The first-order chi connectivity index (χ1) is 14.8. The number of fused-ring (bicyclic) bond motifs is 1. The quantitative estimate of drug-likeness (QED) is 0.724. The highest BCUT2D eigenvalue weighted by molar-refractivity contribution is 5.79. The number of amides is 1.